The molecule has 2 rings (SSSR count). The fourth-order valence-corrected chi connectivity index (χ4v) is 2.12. The van der Waals surface area contributed by atoms with E-state index >= 15 is 0 Å². The van der Waals surface area contributed by atoms with Gasteiger partial charge in [-0.25, -0.2) is 4.39 Å². The fraction of sp³-hybridized carbons (Fsp3) is 0.222. The molecular weight excluding hydrogens is 341 g/mol. The lowest BCUT2D eigenvalue weighted by atomic mass is 10.0. The summed E-state index contributed by atoms with van der Waals surface area (Å²) in [5.74, 6) is 0.343. The molecule has 0 heterocycles. The van der Waals surface area contributed by atoms with Crippen molar-refractivity contribution in [3.63, 3.8) is 0 Å². The molecule has 0 unspecified atom stereocenters. The van der Waals surface area contributed by atoms with Gasteiger partial charge in [-0.05, 0) is 60.1 Å². The minimum absolute atomic E-state index is 0.146. The van der Waals surface area contributed by atoms with Gasteiger partial charge in [-0.15, -0.1) is 0 Å². The maximum absolute atomic E-state index is 12.8. The normalized spacial score (nSPS) is 10.2. The van der Waals surface area contributed by atoms with E-state index in [1.165, 1.54) is 29.8 Å². The van der Waals surface area contributed by atoms with E-state index in [1.807, 2.05) is 24.3 Å². The summed E-state index contributed by atoms with van der Waals surface area (Å²) in [6, 6.07) is 13.3. The highest BCUT2D eigenvalue weighted by molar-refractivity contribution is 7.80. The van der Waals surface area contributed by atoms with Crippen LogP contribution in [0.1, 0.15) is 25.3 Å². The molecule has 0 aliphatic rings. The van der Waals surface area contributed by atoms with Gasteiger partial charge < -0.3 is 10.1 Å². The average molecular weight is 361 g/mol. The molecule has 0 radical (unpaired) electrons. The van der Waals surface area contributed by atoms with E-state index in [0.717, 1.165) is 0 Å². The molecule has 0 atom stereocenters. The summed E-state index contributed by atoms with van der Waals surface area (Å²) in [6.07, 6.45) is 0. The molecule has 1 amide bonds. The molecule has 0 fully saturated rings. The van der Waals surface area contributed by atoms with Gasteiger partial charge in [-0.1, -0.05) is 26.0 Å². The quantitative estimate of drug-likeness (QED) is 0.563. The Labute approximate surface area is 151 Å². The minimum Gasteiger partial charge on any atom is -0.484 e. The largest absolute Gasteiger partial charge is 0.484 e. The maximum atomic E-state index is 12.8. The van der Waals surface area contributed by atoms with E-state index in [2.05, 4.69) is 30.0 Å². The third kappa shape index (κ3) is 6.39. The van der Waals surface area contributed by atoms with Crippen molar-refractivity contribution in [1.82, 2.24) is 10.9 Å². The number of hydrogen-bond donors (Lipinski definition) is 3. The number of nitrogens with one attached hydrogen (secondary N) is 3. The predicted molar refractivity (Wildman–Crippen MR) is 99.9 cm³/mol. The van der Waals surface area contributed by atoms with Gasteiger partial charge in [-0.2, -0.15) is 0 Å². The van der Waals surface area contributed by atoms with Crippen molar-refractivity contribution in [3.8, 4) is 5.75 Å². The van der Waals surface area contributed by atoms with Crippen LogP contribution in [0.5, 0.6) is 5.75 Å². The lowest BCUT2D eigenvalue weighted by Gasteiger charge is -2.12. The first-order valence-corrected chi connectivity index (χ1v) is 8.19. The molecule has 0 aliphatic carbocycles. The van der Waals surface area contributed by atoms with Crippen molar-refractivity contribution in [3.05, 3.63) is 59.9 Å². The van der Waals surface area contributed by atoms with E-state index in [9.17, 15) is 9.18 Å². The Bertz CT molecular complexity index is 718. The second-order valence-corrected chi connectivity index (χ2v) is 6.05. The van der Waals surface area contributed by atoms with Gasteiger partial charge in [-0.3, -0.25) is 15.6 Å². The van der Waals surface area contributed by atoms with Crippen molar-refractivity contribution in [2.45, 2.75) is 19.8 Å². The molecule has 25 heavy (non-hydrogen) atoms. The number of halogens is 1. The number of anilines is 1. The van der Waals surface area contributed by atoms with E-state index < -0.39 is 0 Å². The molecule has 5 nitrogen and oxygen atoms in total. The smallest absolute Gasteiger partial charge is 0.276 e. The first-order chi connectivity index (χ1) is 11.9. The Morgan fingerprint density at radius 2 is 1.72 bits per heavy atom. The molecule has 0 saturated heterocycles. The summed E-state index contributed by atoms with van der Waals surface area (Å²) in [4.78, 5) is 11.8. The number of amides is 1. The van der Waals surface area contributed by atoms with Crippen molar-refractivity contribution < 1.29 is 13.9 Å². The Kier molecular flexibility index (Phi) is 6.71. The number of hydrogen-bond acceptors (Lipinski definition) is 3. The van der Waals surface area contributed by atoms with Crippen molar-refractivity contribution in [1.29, 1.82) is 0 Å². The lowest BCUT2D eigenvalue weighted by Crippen LogP contribution is -2.45. The fourth-order valence-electron chi connectivity index (χ4n) is 1.96. The lowest BCUT2D eigenvalue weighted by molar-refractivity contribution is -0.123. The SMILES string of the molecule is CC(C)c1ccc(OCC(=O)NNC(=S)Nc2ccc(F)cc2)cc1. The van der Waals surface area contributed by atoms with Crippen LogP contribution in [0.2, 0.25) is 0 Å². The average Bonchev–Trinajstić information content (AvgIpc) is 2.60. The molecule has 0 saturated carbocycles. The minimum atomic E-state index is -0.379. The summed E-state index contributed by atoms with van der Waals surface area (Å²) >= 11 is 5.03. The molecule has 132 valence electrons. The van der Waals surface area contributed by atoms with Gasteiger partial charge in [0.15, 0.2) is 11.7 Å². The first kappa shape index (κ1) is 18.7. The zero-order valence-corrected chi connectivity index (χ0v) is 14.8. The Morgan fingerprint density at radius 3 is 2.32 bits per heavy atom. The molecule has 0 aliphatic heterocycles. The first-order valence-electron chi connectivity index (χ1n) is 7.78. The second kappa shape index (κ2) is 8.98. The van der Waals surface area contributed by atoms with Crippen molar-refractivity contribution >= 4 is 28.9 Å². The van der Waals surface area contributed by atoms with Crippen LogP contribution >= 0.6 is 12.2 Å². The number of ether oxygens (including phenoxy) is 1. The standard InChI is InChI=1S/C18H20FN3O2S/c1-12(2)13-3-9-16(10-4-13)24-11-17(23)21-22-18(25)20-15-7-5-14(19)6-8-15/h3-10,12H,11H2,1-2H3,(H,21,23)(H2,20,22,25). The predicted octanol–water partition coefficient (Wildman–Crippen LogP) is 3.35. The van der Waals surface area contributed by atoms with Crippen LogP contribution in [-0.4, -0.2) is 17.6 Å². The number of hydrazine groups is 1. The topological polar surface area (TPSA) is 62.4 Å². The van der Waals surface area contributed by atoms with Crippen LogP contribution in [0, 0.1) is 5.82 Å². The summed E-state index contributed by atoms with van der Waals surface area (Å²) < 4.78 is 18.2. The van der Waals surface area contributed by atoms with Gasteiger partial charge in [0.25, 0.3) is 5.91 Å². The van der Waals surface area contributed by atoms with Gasteiger partial charge in [0.05, 0.1) is 0 Å². The molecule has 0 bridgehead atoms. The maximum Gasteiger partial charge on any atom is 0.276 e. The highest BCUT2D eigenvalue weighted by atomic mass is 32.1. The number of carbonyl (C=O) groups excluding carboxylic acids is 1. The van der Waals surface area contributed by atoms with Crippen LogP contribution in [0.4, 0.5) is 10.1 Å². The van der Waals surface area contributed by atoms with Gasteiger partial charge in [0, 0.05) is 5.69 Å². The Morgan fingerprint density at radius 1 is 1.08 bits per heavy atom. The number of thiocarbonyl (C=S) groups is 1. The molecular formula is C18H20FN3O2S. The Hall–Kier alpha value is -2.67. The van der Waals surface area contributed by atoms with Crippen LogP contribution in [0.25, 0.3) is 0 Å². The zero-order chi connectivity index (χ0) is 18.2. The van der Waals surface area contributed by atoms with E-state index in [-0.39, 0.29) is 23.4 Å². The number of benzene rings is 2. The Balaban J connectivity index is 1.71. The van der Waals surface area contributed by atoms with E-state index in [4.69, 9.17) is 17.0 Å². The van der Waals surface area contributed by atoms with Gasteiger partial charge >= 0.3 is 0 Å². The number of carbonyl (C=O) groups is 1. The summed E-state index contributed by atoms with van der Waals surface area (Å²) in [7, 11) is 0. The summed E-state index contributed by atoms with van der Waals surface area (Å²) in [5, 5.41) is 2.99. The third-order valence-corrected chi connectivity index (χ3v) is 3.54. The summed E-state index contributed by atoms with van der Waals surface area (Å²) in [6.45, 7) is 4.07. The van der Waals surface area contributed by atoms with Crippen molar-refractivity contribution in [2.24, 2.45) is 0 Å². The molecule has 7 heteroatoms. The molecule has 2 aromatic carbocycles. The van der Waals surface area contributed by atoms with Crippen molar-refractivity contribution in [2.75, 3.05) is 11.9 Å². The van der Waals surface area contributed by atoms with Crippen LogP contribution in [0.3, 0.4) is 0 Å². The molecule has 0 spiro atoms. The highest BCUT2D eigenvalue weighted by Gasteiger charge is 2.05. The summed E-state index contributed by atoms with van der Waals surface area (Å²) in [5.41, 5.74) is 6.79. The van der Waals surface area contributed by atoms with Gasteiger partial charge in [0.1, 0.15) is 11.6 Å². The van der Waals surface area contributed by atoms with Crippen LogP contribution < -0.4 is 20.9 Å². The molecule has 0 aromatic heterocycles. The number of rotatable bonds is 5. The monoisotopic (exact) mass is 361 g/mol. The van der Waals surface area contributed by atoms with E-state index in [0.29, 0.717) is 17.4 Å². The zero-order valence-electron chi connectivity index (χ0n) is 14.0. The van der Waals surface area contributed by atoms with Gasteiger partial charge in [0.2, 0.25) is 0 Å². The van der Waals surface area contributed by atoms with Crippen LogP contribution in [-0.2, 0) is 4.79 Å². The third-order valence-electron chi connectivity index (χ3n) is 3.33. The highest BCUT2D eigenvalue weighted by Crippen LogP contribution is 2.18. The molecule has 3 N–H and O–H groups in total. The van der Waals surface area contributed by atoms with Crippen LogP contribution in [0.15, 0.2) is 48.5 Å². The second-order valence-electron chi connectivity index (χ2n) is 5.65. The molecule has 2 aromatic rings. The van der Waals surface area contributed by atoms with E-state index in [1.54, 1.807) is 0 Å².